The number of nitrogens with zero attached hydrogens (tertiary/aromatic N) is 3. The average Bonchev–Trinajstić information content (AvgIpc) is 3.09. The fraction of sp³-hybridized carbons (Fsp3) is 0.471. The molecule has 2 aromatic rings. The zero-order chi connectivity index (χ0) is 17.8. The highest BCUT2D eigenvalue weighted by atomic mass is 16.5. The Labute approximate surface area is 145 Å². The van der Waals surface area contributed by atoms with Crippen molar-refractivity contribution in [1.82, 2.24) is 15.0 Å². The predicted molar refractivity (Wildman–Crippen MR) is 88.5 cm³/mol. The van der Waals surface area contributed by atoms with E-state index >= 15 is 0 Å². The topological polar surface area (TPSA) is 97.9 Å². The minimum Gasteiger partial charge on any atom is -0.493 e. The minimum absolute atomic E-state index is 0.331. The van der Waals surface area contributed by atoms with Crippen molar-refractivity contribution in [3.05, 3.63) is 24.1 Å². The summed E-state index contributed by atoms with van der Waals surface area (Å²) in [5.74, 6) is 1.07. The second kappa shape index (κ2) is 7.52. The Morgan fingerprint density at radius 2 is 2.16 bits per heavy atom. The Hall–Kier alpha value is -2.61. The van der Waals surface area contributed by atoms with Gasteiger partial charge in [-0.3, -0.25) is 9.69 Å². The van der Waals surface area contributed by atoms with Crippen molar-refractivity contribution >= 4 is 5.97 Å². The van der Waals surface area contributed by atoms with Crippen LogP contribution in [0.3, 0.4) is 0 Å². The van der Waals surface area contributed by atoms with Crippen molar-refractivity contribution in [3.63, 3.8) is 0 Å². The molecule has 1 atom stereocenters. The van der Waals surface area contributed by atoms with E-state index in [1.165, 1.54) is 0 Å². The van der Waals surface area contributed by atoms with Gasteiger partial charge in [-0.05, 0) is 37.6 Å². The largest absolute Gasteiger partial charge is 0.493 e. The van der Waals surface area contributed by atoms with Crippen LogP contribution in [0.1, 0.15) is 18.7 Å². The van der Waals surface area contributed by atoms with E-state index in [-0.39, 0.29) is 5.92 Å². The molecule has 0 unspecified atom stereocenters. The van der Waals surface area contributed by atoms with E-state index in [0.29, 0.717) is 42.7 Å². The number of methoxy groups -OCH3 is 2. The summed E-state index contributed by atoms with van der Waals surface area (Å²) < 4.78 is 15.8. The molecular formula is C17H21N3O5. The number of benzene rings is 1. The molecule has 0 amide bonds. The molecule has 134 valence electrons. The molecule has 3 rings (SSSR count). The van der Waals surface area contributed by atoms with Gasteiger partial charge in [-0.25, -0.2) is 0 Å². The summed E-state index contributed by atoms with van der Waals surface area (Å²) in [5, 5.41) is 13.2. The van der Waals surface area contributed by atoms with Crippen molar-refractivity contribution in [2.24, 2.45) is 5.92 Å². The number of hydrogen-bond donors (Lipinski definition) is 1. The van der Waals surface area contributed by atoms with Gasteiger partial charge < -0.3 is 19.1 Å². The van der Waals surface area contributed by atoms with Gasteiger partial charge in [-0.2, -0.15) is 4.98 Å². The number of piperidine rings is 1. The van der Waals surface area contributed by atoms with Crippen LogP contribution in [0.15, 0.2) is 22.7 Å². The lowest BCUT2D eigenvalue weighted by molar-refractivity contribution is -0.143. The van der Waals surface area contributed by atoms with Gasteiger partial charge in [0, 0.05) is 12.1 Å². The molecule has 1 aliphatic heterocycles. The highest BCUT2D eigenvalue weighted by Gasteiger charge is 2.26. The fourth-order valence-corrected chi connectivity index (χ4v) is 3.00. The van der Waals surface area contributed by atoms with Gasteiger partial charge in [0.2, 0.25) is 11.7 Å². The SMILES string of the molecule is COc1ccc(-c2noc(CN3CCC[C@H](C(=O)O)C3)n2)cc1OC. The lowest BCUT2D eigenvalue weighted by atomic mass is 9.98. The maximum atomic E-state index is 11.2. The molecule has 1 N–H and O–H groups in total. The molecule has 1 saturated heterocycles. The van der Waals surface area contributed by atoms with Gasteiger partial charge in [-0.1, -0.05) is 5.16 Å². The van der Waals surface area contributed by atoms with Crippen molar-refractivity contribution in [2.45, 2.75) is 19.4 Å². The molecule has 0 saturated carbocycles. The lowest BCUT2D eigenvalue weighted by Gasteiger charge is -2.29. The highest BCUT2D eigenvalue weighted by Crippen LogP contribution is 2.31. The second-order valence-corrected chi connectivity index (χ2v) is 5.99. The molecule has 0 radical (unpaired) electrons. The van der Waals surface area contributed by atoms with Crippen LogP contribution in [0.25, 0.3) is 11.4 Å². The number of carboxylic acid groups (broad SMARTS) is 1. The van der Waals surface area contributed by atoms with Crippen LogP contribution in [-0.4, -0.2) is 53.4 Å². The molecule has 1 aromatic heterocycles. The Bertz CT molecular complexity index is 746. The Kier molecular flexibility index (Phi) is 5.18. The van der Waals surface area contributed by atoms with Gasteiger partial charge in [0.05, 0.1) is 26.7 Å². The molecule has 8 heteroatoms. The van der Waals surface area contributed by atoms with E-state index < -0.39 is 5.97 Å². The Morgan fingerprint density at radius 3 is 2.88 bits per heavy atom. The molecule has 0 spiro atoms. The molecule has 1 aromatic carbocycles. The van der Waals surface area contributed by atoms with Crippen molar-refractivity contribution in [2.75, 3.05) is 27.3 Å². The Morgan fingerprint density at radius 1 is 1.36 bits per heavy atom. The fourth-order valence-electron chi connectivity index (χ4n) is 3.00. The average molecular weight is 347 g/mol. The first-order valence-electron chi connectivity index (χ1n) is 8.11. The number of aliphatic carboxylic acids is 1. The van der Waals surface area contributed by atoms with Crippen LogP contribution in [0, 0.1) is 5.92 Å². The molecule has 8 nitrogen and oxygen atoms in total. The molecular weight excluding hydrogens is 326 g/mol. The number of ether oxygens (including phenoxy) is 2. The quantitative estimate of drug-likeness (QED) is 0.848. The summed E-state index contributed by atoms with van der Waals surface area (Å²) in [6.45, 7) is 1.78. The highest BCUT2D eigenvalue weighted by molar-refractivity contribution is 5.70. The van der Waals surface area contributed by atoms with Crippen molar-refractivity contribution in [1.29, 1.82) is 0 Å². The van der Waals surface area contributed by atoms with Crippen LogP contribution in [0.4, 0.5) is 0 Å². The van der Waals surface area contributed by atoms with Gasteiger partial charge in [0.1, 0.15) is 0 Å². The van der Waals surface area contributed by atoms with E-state index in [1.54, 1.807) is 26.4 Å². The van der Waals surface area contributed by atoms with Crippen LogP contribution in [0.2, 0.25) is 0 Å². The van der Waals surface area contributed by atoms with Crippen LogP contribution >= 0.6 is 0 Å². The summed E-state index contributed by atoms with van der Waals surface area (Å²) >= 11 is 0. The van der Waals surface area contributed by atoms with Gasteiger partial charge in [0.15, 0.2) is 11.5 Å². The van der Waals surface area contributed by atoms with E-state index in [1.807, 2.05) is 11.0 Å². The first-order valence-corrected chi connectivity index (χ1v) is 8.11. The smallest absolute Gasteiger partial charge is 0.307 e. The van der Waals surface area contributed by atoms with Crippen molar-refractivity contribution < 1.29 is 23.9 Å². The van der Waals surface area contributed by atoms with Crippen LogP contribution in [0.5, 0.6) is 11.5 Å². The third-order valence-electron chi connectivity index (χ3n) is 4.32. The Balaban J connectivity index is 1.71. The lowest BCUT2D eigenvalue weighted by Crippen LogP contribution is -2.38. The maximum absolute atomic E-state index is 11.2. The van der Waals surface area contributed by atoms with Crippen LogP contribution < -0.4 is 9.47 Å². The maximum Gasteiger partial charge on any atom is 0.307 e. The molecule has 0 aliphatic carbocycles. The third-order valence-corrected chi connectivity index (χ3v) is 4.32. The molecule has 0 bridgehead atoms. The number of aromatic nitrogens is 2. The first-order chi connectivity index (χ1) is 12.1. The van der Waals surface area contributed by atoms with Crippen molar-refractivity contribution in [3.8, 4) is 22.9 Å². The number of rotatable bonds is 6. The van der Waals surface area contributed by atoms with E-state index in [2.05, 4.69) is 10.1 Å². The number of likely N-dealkylation sites (tertiary alicyclic amines) is 1. The summed E-state index contributed by atoms with van der Waals surface area (Å²) in [6.07, 6.45) is 1.57. The summed E-state index contributed by atoms with van der Waals surface area (Å²) in [5.41, 5.74) is 0.759. The molecule has 2 heterocycles. The van der Waals surface area contributed by atoms with Gasteiger partial charge in [-0.15, -0.1) is 0 Å². The first kappa shape index (κ1) is 17.2. The zero-order valence-corrected chi connectivity index (χ0v) is 14.3. The van der Waals surface area contributed by atoms with Gasteiger partial charge in [0.25, 0.3) is 0 Å². The van der Waals surface area contributed by atoms with Crippen LogP contribution in [-0.2, 0) is 11.3 Å². The summed E-state index contributed by atoms with van der Waals surface area (Å²) in [7, 11) is 3.14. The standard InChI is InChI=1S/C17H21N3O5/c1-23-13-6-5-11(8-14(13)24-2)16-18-15(25-19-16)10-20-7-3-4-12(9-20)17(21)22/h5-6,8,12H,3-4,7,9-10H2,1-2H3,(H,21,22)/t12-/m0/s1. The minimum atomic E-state index is -0.749. The summed E-state index contributed by atoms with van der Waals surface area (Å²) in [6, 6.07) is 5.40. The molecule has 1 aliphatic rings. The normalized spacial score (nSPS) is 18.1. The molecule has 1 fully saturated rings. The number of hydrogen-bond acceptors (Lipinski definition) is 7. The van der Waals surface area contributed by atoms with Gasteiger partial charge >= 0.3 is 5.97 Å². The molecule has 25 heavy (non-hydrogen) atoms. The van der Waals surface area contributed by atoms with E-state index in [4.69, 9.17) is 19.1 Å². The summed E-state index contributed by atoms with van der Waals surface area (Å²) in [4.78, 5) is 17.6. The number of carbonyl (C=O) groups is 1. The van der Waals surface area contributed by atoms with E-state index in [9.17, 15) is 4.79 Å². The predicted octanol–water partition coefficient (Wildman–Crippen LogP) is 2.05. The van der Waals surface area contributed by atoms with E-state index in [0.717, 1.165) is 18.5 Å². The third kappa shape index (κ3) is 3.90. The zero-order valence-electron chi connectivity index (χ0n) is 14.3. The second-order valence-electron chi connectivity index (χ2n) is 5.99. The monoisotopic (exact) mass is 347 g/mol. The number of carboxylic acids is 1.